The lowest BCUT2D eigenvalue weighted by Gasteiger charge is -2.01. The minimum atomic E-state index is -0.131. The summed E-state index contributed by atoms with van der Waals surface area (Å²) in [5, 5.41) is 4.38. The van der Waals surface area contributed by atoms with E-state index in [2.05, 4.69) is 10.3 Å². The van der Waals surface area contributed by atoms with Gasteiger partial charge in [0.15, 0.2) is 0 Å². The molecule has 0 aliphatic carbocycles. The highest BCUT2D eigenvalue weighted by atomic mass is 35.5. The van der Waals surface area contributed by atoms with Gasteiger partial charge in [0, 0.05) is 11.9 Å². The van der Waals surface area contributed by atoms with E-state index in [0.717, 1.165) is 22.9 Å². The van der Waals surface area contributed by atoms with E-state index in [-0.39, 0.29) is 5.91 Å². The van der Waals surface area contributed by atoms with Crippen molar-refractivity contribution in [1.29, 1.82) is 0 Å². The molecule has 18 heavy (non-hydrogen) atoms. The van der Waals surface area contributed by atoms with Gasteiger partial charge >= 0.3 is 0 Å². The van der Waals surface area contributed by atoms with Crippen LogP contribution in [-0.4, -0.2) is 24.0 Å². The van der Waals surface area contributed by atoms with Crippen molar-refractivity contribution >= 4 is 28.4 Å². The molecule has 1 amide bonds. The van der Waals surface area contributed by atoms with E-state index in [0.29, 0.717) is 23.8 Å². The molecule has 0 bridgehead atoms. The number of nitrogens with two attached hydrogens (primary N) is 1. The third-order valence-corrected chi connectivity index (χ3v) is 3.03. The lowest BCUT2D eigenvalue weighted by atomic mass is 10.2. The Bertz CT molecular complexity index is 577. The molecule has 0 fully saturated rings. The second kappa shape index (κ2) is 5.42. The van der Waals surface area contributed by atoms with Crippen LogP contribution in [0.2, 0.25) is 5.02 Å². The maximum Gasteiger partial charge on any atom is 0.267 e. The molecule has 5 heteroatoms. The molecular weight excluding hydrogens is 250 g/mol. The van der Waals surface area contributed by atoms with Gasteiger partial charge in [-0.15, -0.1) is 0 Å². The van der Waals surface area contributed by atoms with E-state index in [1.54, 1.807) is 0 Å². The van der Waals surface area contributed by atoms with Crippen LogP contribution in [0.25, 0.3) is 10.9 Å². The zero-order chi connectivity index (χ0) is 13.1. The number of carbonyl (C=O) groups excluding carboxylic acids is 1. The number of fused-ring (bicyclic) bond motifs is 1. The van der Waals surface area contributed by atoms with Crippen LogP contribution >= 0.6 is 11.6 Å². The molecule has 1 aromatic carbocycles. The summed E-state index contributed by atoms with van der Waals surface area (Å²) in [5.41, 5.74) is 7.77. The summed E-state index contributed by atoms with van der Waals surface area (Å²) in [6, 6.07) is 5.68. The quantitative estimate of drug-likeness (QED) is 0.742. The fourth-order valence-electron chi connectivity index (χ4n) is 1.86. The van der Waals surface area contributed by atoms with E-state index in [1.165, 1.54) is 0 Å². The predicted molar refractivity (Wildman–Crippen MR) is 74.1 cm³/mol. The Labute approximate surface area is 111 Å². The number of aromatic nitrogens is 1. The first-order valence-electron chi connectivity index (χ1n) is 5.89. The summed E-state index contributed by atoms with van der Waals surface area (Å²) in [6.07, 6.45) is 0.770. The van der Waals surface area contributed by atoms with Crippen molar-refractivity contribution in [2.24, 2.45) is 5.73 Å². The molecule has 2 rings (SSSR count). The third-order valence-electron chi connectivity index (χ3n) is 2.74. The summed E-state index contributed by atoms with van der Waals surface area (Å²) in [7, 11) is 0. The molecule has 2 aromatic rings. The molecule has 96 valence electrons. The van der Waals surface area contributed by atoms with E-state index in [1.807, 2.05) is 25.1 Å². The van der Waals surface area contributed by atoms with E-state index in [9.17, 15) is 4.79 Å². The maximum absolute atomic E-state index is 11.9. The largest absolute Gasteiger partial charge is 0.351 e. The van der Waals surface area contributed by atoms with Gasteiger partial charge in [0.1, 0.15) is 5.69 Å². The summed E-state index contributed by atoms with van der Waals surface area (Å²) in [6.45, 7) is 3.12. The lowest BCUT2D eigenvalue weighted by molar-refractivity contribution is 0.0949. The number of amides is 1. The molecule has 0 saturated heterocycles. The Morgan fingerprint density at radius 3 is 2.94 bits per heavy atom. The van der Waals surface area contributed by atoms with Crippen LogP contribution < -0.4 is 11.1 Å². The van der Waals surface area contributed by atoms with Gasteiger partial charge < -0.3 is 16.0 Å². The number of H-pyrrole nitrogens is 1. The molecule has 4 nitrogen and oxygen atoms in total. The number of halogens is 1. The number of aromatic amines is 1. The minimum Gasteiger partial charge on any atom is -0.351 e. The number of benzene rings is 1. The summed E-state index contributed by atoms with van der Waals surface area (Å²) < 4.78 is 0. The van der Waals surface area contributed by atoms with Crippen LogP contribution in [0.15, 0.2) is 18.2 Å². The Morgan fingerprint density at radius 1 is 1.44 bits per heavy atom. The zero-order valence-corrected chi connectivity index (χ0v) is 11.0. The van der Waals surface area contributed by atoms with Crippen LogP contribution in [0.5, 0.6) is 0 Å². The Kier molecular flexibility index (Phi) is 3.89. The highest BCUT2D eigenvalue weighted by Gasteiger charge is 2.10. The van der Waals surface area contributed by atoms with E-state index in [4.69, 9.17) is 17.3 Å². The maximum atomic E-state index is 11.9. The highest BCUT2D eigenvalue weighted by Crippen LogP contribution is 2.25. The summed E-state index contributed by atoms with van der Waals surface area (Å²) in [5.74, 6) is -0.131. The van der Waals surface area contributed by atoms with Crippen molar-refractivity contribution in [2.75, 3.05) is 13.1 Å². The monoisotopic (exact) mass is 265 g/mol. The normalized spacial score (nSPS) is 10.8. The zero-order valence-electron chi connectivity index (χ0n) is 10.2. The molecule has 0 aliphatic rings. The number of hydrogen-bond donors (Lipinski definition) is 3. The second-order valence-corrected chi connectivity index (χ2v) is 4.70. The van der Waals surface area contributed by atoms with Gasteiger partial charge in [-0.1, -0.05) is 11.6 Å². The van der Waals surface area contributed by atoms with E-state index < -0.39 is 0 Å². The Hall–Kier alpha value is -1.52. The molecular formula is C13H16ClN3O. The molecule has 0 saturated carbocycles. The molecule has 1 heterocycles. The van der Waals surface area contributed by atoms with E-state index >= 15 is 0 Å². The number of rotatable bonds is 4. The Morgan fingerprint density at radius 2 is 2.22 bits per heavy atom. The second-order valence-electron chi connectivity index (χ2n) is 4.29. The molecule has 1 aromatic heterocycles. The average molecular weight is 266 g/mol. The topological polar surface area (TPSA) is 70.9 Å². The van der Waals surface area contributed by atoms with Crippen LogP contribution in [0.3, 0.4) is 0 Å². The van der Waals surface area contributed by atoms with Gasteiger partial charge in [0.2, 0.25) is 0 Å². The highest BCUT2D eigenvalue weighted by molar-refractivity contribution is 6.35. The van der Waals surface area contributed by atoms with Crippen molar-refractivity contribution in [1.82, 2.24) is 10.3 Å². The number of hydrogen-bond acceptors (Lipinski definition) is 2. The number of carbonyl (C=O) groups is 1. The first-order chi connectivity index (χ1) is 8.61. The van der Waals surface area contributed by atoms with Crippen molar-refractivity contribution < 1.29 is 4.79 Å². The van der Waals surface area contributed by atoms with Crippen LogP contribution in [0.4, 0.5) is 0 Å². The van der Waals surface area contributed by atoms with Gasteiger partial charge in [-0.2, -0.15) is 0 Å². The van der Waals surface area contributed by atoms with Crippen molar-refractivity contribution in [3.8, 4) is 0 Å². The van der Waals surface area contributed by atoms with Crippen molar-refractivity contribution in [3.63, 3.8) is 0 Å². The SMILES string of the molecule is Cc1cc(Cl)c2[nH]c(C(=O)NCCCN)cc2c1. The standard InChI is InChI=1S/C13H16ClN3O/c1-8-5-9-7-11(13(18)16-4-2-3-15)17-12(9)10(14)6-8/h5-7,17H,2-4,15H2,1H3,(H,16,18). The smallest absolute Gasteiger partial charge is 0.267 e. The molecule has 4 N–H and O–H groups in total. The molecule has 0 atom stereocenters. The van der Waals surface area contributed by atoms with Crippen molar-refractivity contribution in [2.45, 2.75) is 13.3 Å². The summed E-state index contributed by atoms with van der Waals surface area (Å²) >= 11 is 6.13. The van der Waals surface area contributed by atoms with Gasteiger partial charge in [-0.25, -0.2) is 0 Å². The van der Waals surface area contributed by atoms with Crippen LogP contribution in [0.1, 0.15) is 22.5 Å². The fraction of sp³-hybridized carbons (Fsp3) is 0.308. The van der Waals surface area contributed by atoms with Crippen LogP contribution in [-0.2, 0) is 0 Å². The van der Waals surface area contributed by atoms with Crippen molar-refractivity contribution in [3.05, 3.63) is 34.5 Å². The average Bonchev–Trinajstić information content (AvgIpc) is 2.73. The molecule has 0 aliphatic heterocycles. The van der Waals surface area contributed by atoms with Gasteiger partial charge in [0.05, 0.1) is 10.5 Å². The van der Waals surface area contributed by atoms with Gasteiger partial charge in [-0.05, 0) is 43.7 Å². The minimum absolute atomic E-state index is 0.131. The molecule has 0 radical (unpaired) electrons. The fourth-order valence-corrected chi connectivity index (χ4v) is 2.19. The first-order valence-corrected chi connectivity index (χ1v) is 6.26. The third kappa shape index (κ3) is 2.66. The Balaban J connectivity index is 2.24. The lowest BCUT2D eigenvalue weighted by Crippen LogP contribution is -2.26. The van der Waals surface area contributed by atoms with Gasteiger partial charge in [-0.3, -0.25) is 4.79 Å². The van der Waals surface area contributed by atoms with Crippen LogP contribution in [0, 0.1) is 6.92 Å². The van der Waals surface area contributed by atoms with Gasteiger partial charge in [0.25, 0.3) is 5.91 Å². The first kappa shape index (κ1) is 12.9. The predicted octanol–water partition coefficient (Wildman–Crippen LogP) is 2.21. The number of aryl methyl sites for hydroxylation is 1. The molecule has 0 spiro atoms. The summed E-state index contributed by atoms with van der Waals surface area (Å²) in [4.78, 5) is 14.9. The number of nitrogens with one attached hydrogen (secondary N) is 2. The molecule has 0 unspecified atom stereocenters.